The minimum absolute atomic E-state index is 0.0169. The van der Waals surface area contributed by atoms with Crippen molar-refractivity contribution < 1.29 is 38.8 Å². The van der Waals surface area contributed by atoms with E-state index in [0.29, 0.717) is 47.6 Å². The maximum Gasteiger partial charge on any atom is 0.408 e. The maximum atomic E-state index is 15.7. The fourth-order valence-corrected chi connectivity index (χ4v) is 7.97. The minimum atomic E-state index is -1.36. The number of aromatic hydroxyl groups is 1. The van der Waals surface area contributed by atoms with E-state index in [9.17, 15) is 29.7 Å². The Morgan fingerprint density at radius 1 is 0.947 bits per heavy atom. The highest BCUT2D eigenvalue weighted by molar-refractivity contribution is 5.88. The molecule has 1 aromatic heterocycles. The van der Waals surface area contributed by atoms with Crippen molar-refractivity contribution in [3.05, 3.63) is 141 Å². The van der Waals surface area contributed by atoms with Gasteiger partial charge in [-0.05, 0) is 116 Å². The lowest BCUT2D eigenvalue weighted by Gasteiger charge is -2.43. The van der Waals surface area contributed by atoms with Crippen molar-refractivity contribution in [2.45, 2.75) is 57.0 Å². The molecule has 4 heterocycles. The molecule has 298 valence electrons. The zero-order chi connectivity index (χ0) is 39.9. The summed E-state index contributed by atoms with van der Waals surface area (Å²) in [6, 6.07) is 25.1. The number of rotatable bonds is 16. The number of piperidine rings is 3. The maximum absolute atomic E-state index is 15.7. The van der Waals surface area contributed by atoms with Crippen molar-refractivity contribution in [1.82, 2.24) is 20.5 Å². The number of carbonyl (C=O) groups is 2. The van der Waals surface area contributed by atoms with Crippen LogP contribution in [-0.2, 0) is 17.8 Å². The summed E-state index contributed by atoms with van der Waals surface area (Å²) in [7, 11) is 0. The lowest BCUT2D eigenvalue weighted by molar-refractivity contribution is -0.0336. The summed E-state index contributed by atoms with van der Waals surface area (Å²) >= 11 is 0. The average Bonchev–Trinajstić information content (AvgIpc) is 3.22. The van der Waals surface area contributed by atoms with Crippen molar-refractivity contribution >= 4 is 23.0 Å². The van der Waals surface area contributed by atoms with Gasteiger partial charge in [-0.2, -0.15) is 0 Å². The highest BCUT2D eigenvalue weighted by atomic mass is 19.1. The van der Waals surface area contributed by atoms with Crippen molar-refractivity contribution in [2.75, 3.05) is 32.7 Å². The Bertz CT molecular complexity index is 2260. The predicted octanol–water partition coefficient (Wildman–Crippen LogP) is 6.21. The Balaban J connectivity index is 0.978. The van der Waals surface area contributed by atoms with Gasteiger partial charge in [-0.15, -0.1) is 0 Å². The quantitative estimate of drug-likeness (QED) is 0.0633. The van der Waals surface area contributed by atoms with E-state index in [1.807, 2.05) is 48.5 Å². The van der Waals surface area contributed by atoms with Crippen LogP contribution in [0.15, 0.2) is 95.8 Å². The number of H-pyrrole nitrogens is 1. The third-order valence-corrected chi connectivity index (χ3v) is 11.0. The number of ether oxygens (including phenoxy) is 2. The number of nitrogens with zero attached hydrogens (tertiary/aromatic N) is 1. The van der Waals surface area contributed by atoms with E-state index in [4.69, 9.17) is 9.47 Å². The van der Waals surface area contributed by atoms with Crippen molar-refractivity contribution in [3.63, 3.8) is 0 Å². The monoisotopic (exact) mass is 778 g/mol. The molecule has 3 aliphatic rings. The molecule has 5 aromatic rings. The molecule has 3 fully saturated rings. The first kappa shape index (κ1) is 39.5. The van der Waals surface area contributed by atoms with Crippen LogP contribution in [0.25, 0.3) is 10.9 Å². The number of carboxylic acid groups (broad SMARTS) is 1. The zero-order valence-electron chi connectivity index (χ0n) is 31.5. The molecule has 4 aromatic carbocycles. The number of alkyl carbamates (subject to hydrolysis) is 1. The van der Waals surface area contributed by atoms with Crippen LogP contribution in [0.2, 0.25) is 0 Å². The van der Waals surface area contributed by atoms with E-state index in [1.54, 1.807) is 24.3 Å². The summed E-state index contributed by atoms with van der Waals surface area (Å²) in [5.74, 6) is -1.39. The van der Waals surface area contributed by atoms with Gasteiger partial charge in [0.05, 0.1) is 23.2 Å². The van der Waals surface area contributed by atoms with Gasteiger partial charge in [0.25, 0.3) is 0 Å². The number of carboxylic acids is 1. The molecule has 2 bridgehead atoms. The summed E-state index contributed by atoms with van der Waals surface area (Å²) in [4.78, 5) is 41.8. The fraction of sp³-hybridized carbons (Fsp3) is 0.341. The lowest BCUT2D eigenvalue weighted by atomic mass is 9.86. The molecule has 1 amide bonds. The van der Waals surface area contributed by atoms with Gasteiger partial charge in [0.2, 0.25) is 5.56 Å². The lowest BCUT2D eigenvalue weighted by Crippen LogP contribution is -2.52. The average molecular weight is 779 g/mol. The Morgan fingerprint density at radius 2 is 1.74 bits per heavy atom. The molecule has 13 heteroatoms. The largest absolute Gasteiger partial charge is 0.506 e. The molecular formula is C44H47FN4O8. The minimum Gasteiger partial charge on any atom is -0.506 e. The topological polar surface area (TPSA) is 173 Å². The van der Waals surface area contributed by atoms with E-state index in [0.717, 1.165) is 43.6 Å². The molecule has 0 radical (unpaired) electrons. The first-order valence-electron chi connectivity index (χ1n) is 19.4. The second-order valence-electron chi connectivity index (χ2n) is 14.8. The van der Waals surface area contributed by atoms with Crippen LogP contribution < -0.4 is 20.9 Å². The Hall–Kier alpha value is -5.76. The van der Waals surface area contributed by atoms with Crippen molar-refractivity contribution in [1.29, 1.82) is 0 Å². The first-order chi connectivity index (χ1) is 27.6. The van der Waals surface area contributed by atoms with Crippen molar-refractivity contribution in [2.24, 2.45) is 5.92 Å². The predicted molar refractivity (Wildman–Crippen MR) is 212 cm³/mol. The standard InChI is InChI=1S/C44H47FN4O8/c45-40-32(11-4-5-20-46-24-37(51)33-14-16-36(50)42-34(33)15-17-39(52)47-42)30(12-13-35(40)43(53)54)26-56-31-10-6-9-29(23-31)41(28-7-2-1-3-8-28)48-44(55)57-38-25-49-21-18-27(38)19-22-49/h1-3,6-10,12-17,23,27,37-38,41,46,50-51H,4-5,11,18-22,24-26H2,(H,47,52)(H,48,55)(H,53,54)/t37-,38-,41?/m0/s1. The SMILES string of the molecule is O=C(NC(c1ccccc1)c1cccc(OCc2ccc(C(=O)O)c(F)c2CCCCNC[C@H](O)c2ccc(O)c3[nH]c(=O)ccc23)c1)O[C@H]1CN2CCC1CC2. The molecule has 8 rings (SSSR count). The molecule has 3 aliphatic heterocycles. The number of phenolic OH excluding ortho intramolecular Hbond substituents is 1. The number of carbonyl (C=O) groups excluding carboxylic acids is 1. The van der Waals surface area contributed by atoms with Gasteiger partial charge in [-0.25, -0.2) is 14.0 Å². The number of aliphatic hydroxyl groups excluding tert-OH is 1. The van der Waals surface area contributed by atoms with E-state index < -0.39 is 35.6 Å². The van der Waals surface area contributed by atoms with E-state index in [1.165, 1.54) is 18.2 Å². The summed E-state index contributed by atoms with van der Waals surface area (Å²) in [6.45, 7) is 3.51. The number of pyridine rings is 1. The normalized spacial score (nSPS) is 18.5. The number of benzene rings is 4. The summed E-state index contributed by atoms with van der Waals surface area (Å²) < 4.78 is 27.8. The molecular weight excluding hydrogens is 732 g/mol. The number of phenols is 1. The number of halogens is 1. The summed E-state index contributed by atoms with van der Waals surface area (Å²) in [6.07, 6.45) is 1.89. The van der Waals surface area contributed by atoms with Gasteiger partial charge in [-0.1, -0.05) is 54.6 Å². The van der Waals surface area contributed by atoms with Crippen molar-refractivity contribution in [3.8, 4) is 11.5 Å². The van der Waals surface area contributed by atoms with Crippen LogP contribution >= 0.6 is 0 Å². The molecule has 0 spiro atoms. The number of hydrogen-bond donors (Lipinski definition) is 6. The number of aromatic nitrogens is 1. The van der Waals surface area contributed by atoms with Gasteiger partial charge in [0, 0.05) is 24.5 Å². The molecule has 57 heavy (non-hydrogen) atoms. The second kappa shape index (κ2) is 18.0. The van der Waals surface area contributed by atoms with Gasteiger partial charge >= 0.3 is 12.1 Å². The van der Waals surface area contributed by atoms with E-state index in [2.05, 4.69) is 20.5 Å². The van der Waals surface area contributed by atoms with Crippen LogP contribution in [0.5, 0.6) is 11.5 Å². The molecule has 6 N–H and O–H groups in total. The highest BCUT2D eigenvalue weighted by Gasteiger charge is 2.37. The summed E-state index contributed by atoms with van der Waals surface area (Å²) in [5.41, 5.74) is 2.42. The fourth-order valence-electron chi connectivity index (χ4n) is 7.97. The van der Waals surface area contributed by atoms with Gasteiger partial charge < -0.3 is 40.4 Å². The molecule has 0 saturated carbocycles. The molecule has 12 nitrogen and oxygen atoms in total. The highest BCUT2D eigenvalue weighted by Crippen LogP contribution is 2.32. The van der Waals surface area contributed by atoms with E-state index >= 15 is 4.39 Å². The number of amides is 1. The number of unbranched alkanes of at least 4 members (excludes halogenated alkanes) is 1. The third kappa shape index (κ3) is 9.45. The molecule has 1 unspecified atom stereocenters. The number of aliphatic hydroxyl groups is 1. The number of fused-ring (bicyclic) bond motifs is 4. The smallest absolute Gasteiger partial charge is 0.408 e. The van der Waals surface area contributed by atoms with Gasteiger partial charge in [0.1, 0.15) is 30.0 Å². The number of aromatic amines is 1. The number of aromatic carboxylic acids is 1. The zero-order valence-corrected chi connectivity index (χ0v) is 31.5. The van der Waals surface area contributed by atoms with Crippen LogP contribution in [-0.4, -0.2) is 76.1 Å². The number of nitrogens with one attached hydrogen (secondary N) is 3. The Kier molecular flexibility index (Phi) is 12.5. The first-order valence-corrected chi connectivity index (χ1v) is 19.4. The van der Waals surface area contributed by atoms with Gasteiger partial charge in [-0.3, -0.25) is 9.69 Å². The van der Waals surface area contributed by atoms with Crippen LogP contribution in [0.3, 0.4) is 0 Å². The second-order valence-corrected chi connectivity index (χ2v) is 14.8. The third-order valence-electron chi connectivity index (χ3n) is 11.0. The molecule has 3 saturated heterocycles. The Morgan fingerprint density at radius 3 is 2.49 bits per heavy atom. The van der Waals surface area contributed by atoms with Crippen LogP contribution in [0.1, 0.15) is 76.0 Å². The van der Waals surface area contributed by atoms with E-state index in [-0.39, 0.29) is 48.1 Å². The molecule has 0 aliphatic carbocycles. The molecule has 3 atom stereocenters. The van der Waals surface area contributed by atoms with Gasteiger partial charge in [0.15, 0.2) is 0 Å². The summed E-state index contributed by atoms with van der Waals surface area (Å²) in [5, 5.41) is 37.5. The van der Waals surface area contributed by atoms with Crippen LogP contribution in [0.4, 0.5) is 9.18 Å². The number of hydrogen-bond acceptors (Lipinski definition) is 9. The van der Waals surface area contributed by atoms with Crippen LogP contribution in [0, 0.1) is 11.7 Å². The Labute approximate surface area is 329 Å².